The Balaban J connectivity index is 1.24. The maximum Gasteiger partial charge on any atom is 0.393 e. The fourth-order valence-corrected chi connectivity index (χ4v) is 7.14. The van der Waals surface area contributed by atoms with Crippen LogP contribution in [-0.2, 0) is 16.0 Å². The largest absolute Gasteiger partial charge is 0.393 e. The third-order valence-corrected chi connectivity index (χ3v) is 9.79. The topological polar surface area (TPSA) is 149 Å². The molecule has 0 bridgehead atoms. The number of ether oxygens (including phenoxy) is 1. The van der Waals surface area contributed by atoms with Crippen molar-refractivity contribution in [1.82, 2.24) is 40.5 Å². The van der Waals surface area contributed by atoms with Gasteiger partial charge in [0.05, 0.1) is 41.8 Å². The van der Waals surface area contributed by atoms with Gasteiger partial charge < -0.3 is 15.4 Å². The van der Waals surface area contributed by atoms with Crippen molar-refractivity contribution in [3.05, 3.63) is 34.7 Å². The minimum Gasteiger partial charge on any atom is -0.381 e. The molecule has 2 aliphatic carbocycles. The number of carbonyl (C=O) groups excluding carboxylic acids is 2. The van der Waals surface area contributed by atoms with Crippen LogP contribution in [0.15, 0.2) is 10.8 Å². The van der Waals surface area contributed by atoms with Crippen molar-refractivity contribution in [3.63, 3.8) is 0 Å². The Kier molecular flexibility index (Phi) is 8.37. The molecule has 47 heavy (non-hydrogen) atoms. The molecule has 2 saturated carbocycles. The number of imidazole rings is 1. The molecule has 2 amide bonds. The predicted molar refractivity (Wildman–Crippen MR) is 151 cm³/mol. The summed E-state index contributed by atoms with van der Waals surface area (Å²) < 4.78 is 82.0. The molecular formula is C30H35F5N8O4. The lowest BCUT2D eigenvalue weighted by molar-refractivity contribution is -0.183. The van der Waals surface area contributed by atoms with Gasteiger partial charge in [-0.05, 0) is 56.0 Å². The van der Waals surface area contributed by atoms with Crippen LogP contribution in [0.2, 0.25) is 0 Å². The van der Waals surface area contributed by atoms with Gasteiger partial charge in [-0.15, -0.1) is 0 Å². The number of hydrogen-bond donors (Lipinski definition) is 2. The zero-order valence-corrected chi connectivity index (χ0v) is 25.4. The summed E-state index contributed by atoms with van der Waals surface area (Å²) >= 11 is 0. The van der Waals surface area contributed by atoms with Crippen molar-refractivity contribution in [1.29, 1.82) is 0 Å². The predicted octanol–water partition coefficient (Wildman–Crippen LogP) is 4.43. The van der Waals surface area contributed by atoms with E-state index in [1.807, 2.05) is 0 Å². The van der Waals surface area contributed by atoms with Gasteiger partial charge in [0.15, 0.2) is 5.69 Å². The van der Waals surface area contributed by atoms with Crippen LogP contribution in [-0.4, -0.2) is 73.6 Å². The van der Waals surface area contributed by atoms with Crippen LogP contribution < -0.4 is 10.6 Å². The molecule has 3 aromatic rings. The van der Waals surface area contributed by atoms with E-state index in [9.17, 15) is 31.5 Å². The number of aromatic nitrogens is 6. The minimum atomic E-state index is -4.46. The van der Waals surface area contributed by atoms with Gasteiger partial charge in [-0.25, -0.2) is 27.9 Å². The molecule has 3 aromatic heterocycles. The van der Waals surface area contributed by atoms with E-state index in [0.29, 0.717) is 43.1 Å². The fourth-order valence-electron chi connectivity index (χ4n) is 7.14. The second-order valence-electron chi connectivity index (χ2n) is 13.3. The number of amides is 2. The van der Waals surface area contributed by atoms with Gasteiger partial charge in [-0.2, -0.15) is 18.3 Å². The molecule has 2 saturated heterocycles. The monoisotopic (exact) mass is 666 g/mol. The molecule has 0 spiro atoms. The number of piperidine rings is 1. The first-order valence-corrected chi connectivity index (χ1v) is 16.1. The lowest BCUT2D eigenvalue weighted by Gasteiger charge is -2.33. The van der Waals surface area contributed by atoms with E-state index in [1.165, 1.54) is 10.7 Å². The molecule has 7 rings (SSSR count). The van der Waals surface area contributed by atoms with Gasteiger partial charge >= 0.3 is 6.18 Å². The average molecular weight is 667 g/mol. The summed E-state index contributed by atoms with van der Waals surface area (Å²) in [6, 6.07) is -0.956. The molecule has 17 heteroatoms. The Morgan fingerprint density at radius 1 is 1.11 bits per heavy atom. The van der Waals surface area contributed by atoms with Crippen LogP contribution in [0.1, 0.15) is 109 Å². The van der Waals surface area contributed by atoms with Crippen LogP contribution >= 0.6 is 0 Å². The average Bonchev–Trinajstić information content (AvgIpc) is 3.60. The Labute approximate surface area is 265 Å². The fraction of sp³-hybridized carbons (Fsp3) is 0.700. The summed E-state index contributed by atoms with van der Waals surface area (Å²) in [7, 11) is 0. The first-order valence-electron chi connectivity index (χ1n) is 16.1. The summed E-state index contributed by atoms with van der Waals surface area (Å²) in [5, 5.41) is 17.6. The second kappa shape index (κ2) is 12.4. The number of fused-ring (bicyclic) bond motifs is 1. The summed E-state index contributed by atoms with van der Waals surface area (Å²) in [5.41, 5.74) is 1.50. The number of halogens is 5. The van der Waals surface area contributed by atoms with Gasteiger partial charge in [-0.1, -0.05) is 5.16 Å². The molecular weight excluding hydrogens is 631 g/mol. The van der Waals surface area contributed by atoms with Crippen molar-refractivity contribution in [2.24, 2.45) is 17.8 Å². The highest BCUT2D eigenvalue weighted by molar-refractivity contribution is 5.93. The summed E-state index contributed by atoms with van der Waals surface area (Å²) in [4.78, 5) is 35.6. The van der Waals surface area contributed by atoms with Crippen molar-refractivity contribution in [3.8, 4) is 0 Å². The highest BCUT2D eigenvalue weighted by Gasteiger charge is 2.46. The van der Waals surface area contributed by atoms with Gasteiger partial charge in [0.1, 0.15) is 5.69 Å². The summed E-state index contributed by atoms with van der Waals surface area (Å²) in [5.74, 6) is -7.40. The maximum absolute atomic E-state index is 14.7. The molecule has 4 aliphatic rings. The molecule has 2 aliphatic heterocycles. The zero-order valence-electron chi connectivity index (χ0n) is 25.4. The molecule has 0 aromatic carbocycles. The Hall–Kier alpha value is -3.76. The minimum absolute atomic E-state index is 0.00451. The molecule has 1 unspecified atom stereocenters. The number of nitrogens with zero attached hydrogens (tertiary/aromatic N) is 6. The molecule has 254 valence electrons. The number of nitrogens with one attached hydrogen (secondary N) is 2. The Bertz CT molecular complexity index is 1630. The standard InChI is InChI=1S/C30H35F5N8O4/c31-29(32)7-1-3-16(11-29)22(38-27(45)25-24(15-5-6-15)41-47-42-25)21-13-43-28(37-21)39-23(17-4-2-8-46-14-17)20(40-43)10-18-9-19(30(33,34)35)12-36-26(18)44/h13,15-19,22H,1-12,14H2,(H,36,44)(H,38,45)/t16-,17?,18+,19+,22-/m0/s1. The Morgan fingerprint density at radius 3 is 2.66 bits per heavy atom. The molecule has 2 N–H and O–H groups in total. The Morgan fingerprint density at radius 2 is 1.94 bits per heavy atom. The van der Waals surface area contributed by atoms with Gasteiger partial charge in [0.2, 0.25) is 11.8 Å². The van der Waals surface area contributed by atoms with Crippen LogP contribution in [0.25, 0.3) is 5.78 Å². The lowest BCUT2D eigenvalue weighted by atomic mass is 9.80. The lowest BCUT2D eigenvalue weighted by Crippen LogP contribution is -2.47. The molecule has 5 heterocycles. The van der Waals surface area contributed by atoms with Crippen molar-refractivity contribution < 1.29 is 40.9 Å². The smallest absolute Gasteiger partial charge is 0.381 e. The van der Waals surface area contributed by atoms with Gasteiger partial charge in [-0.3, -0.25) is 9.59 Å². The van der Waals surface area contributed by atoms with Crippen LogP contribution in [0.5, 0.6) is 0 Å². The van der Waals surface area contributed by atoms with Gasteiger partial charge in [0.25, 0.3) is 11.7 Å². The highest BCUT2D eigenvalue weighted by atomic mass is 19.4. The number of alkyl halides is 5. The number of carbonyl (C=O) groups is 2. The van der Waals surface area contributed by atoms with Crippen molar-refractivity contribution in [2.45, 2.75) is 94.2 Å². The van der Waals surface area contributed by atoms with E-state index in [0.717, 1.165) is 19.3 Å². The van der Waals surface area contributed by atoms with Gasteiger partial charge in [0, 0.05) is 50.2 Å². The molecule has 5 atom stereocenters. The third kappa shape index (κ3) is 6.81. The van der Waals surface area contributed by atoms with E-state index < -0.39 is 60.7 Å². The quantitative estimate of drug-likeness (QED) is 0.333. The SMILES string of the molecule is O=C(N[C@H](c1cn2nc(C[C@H]3C[C@@H](C(F)(F)F)CNC3=O)c(C3CCCOC3)nc2n1)[C@H]1CCCC(F)(F)C1)c1nonc1C1CC1. The van der Waals surface area contributed by atoms with Crippen LogP contribution in [0.3, 0.4) is 0 Å². The normalized spacial score (nSPS) is 27.4. The van der Waals surface area contributed by atoms with E-state index >= 15 is 0 Å². The maximum atomic E-state index is 14.7. The van der Waals surface area contributed by atoms with Crippen molar-refractivity contribution in [2.75, 3.05) is 19.8 Å². The molecule has 0 radical (unpaired) electrons. The second-order valence-corrected chi connectivity index (χ2v) is 13.3. The van der Waals surface area contributed by atoms with E-state index in [-0.39, 0.29) is 54.7 Å². The molecule has 4 fully saturated rings. The third-order valence-electron chi connectivity index (χ3n) is 9.79. The first kappa shape index (κ1) is 31.8. The van der Waals surface area contributed by atoms with E-state index in [2.05, 4.69) is 25.9 Å². The molecule has 12 nitrogen and oxygen atoms in total. The zero-order chi connectivity index (χ0) is 32.9. The number of rotatable bonds is 8. The number of hydrogen-bond acceptors (Lipinski definition) is 9. The van der Waals surface area contributed by atoms with E-state index in [1.54, 1.807) is 0 Å². The van der Waals surface area contributed by atoms with Crippen LogP contribution in [0, 0.1) is 17.8 Å². The summed E-state index contributed by atoms with van der Waals surface area (Å²) in [6.07, 6.45) is -0.375. The van der Waals surface area contributed by atoms with Crippen LogP contribution in [0.4, 0.5) is 22.0 Å². The first-order chi connectivity index (χ1) is 22.4. The summed E-state index contributed by atoms with van der Waals surface area (Å²) in [6.45, 7) is 0.403. The van der Waals surface area contributed by atoms with Crippen molar-refractivity contribution >= 4 is 17.6 Å². The highest BCUT2D eigenvalue weighted by Crippen LogP contribution is 2.43. The van der Waals surface area contributed by atoms with E-state index in [4.69, 9.17) is 19.4 Å².